The van der Waals surface area contributed by atoms with E-state index < -0.39 is 11.9 Å². The average Bonchev–Trinajstić information content (AvgIpc) is 3.39. The Morgan fingerprint density at radius 2 is 1.51 bits per heavy atom. The average molecular weight is 577 g/mol. The summed E-state index contributed by atoms with van der Waals surface area (Å²) < 4.78 is 22.0. The summed E-state index contributed by atoms with van der Waals surface area (Å²) in [6, 6.07) is 23.8. The first-order valence-electron chi connectivity index (χ1n) is 13.9. The van der Waals surface area contributed by atoms with Crippen molar-refractivity contribution in [1.29, 1.82) is 0 Å². The van der Waals surface area contributed by atoms with Gasteiger partial charge < -0.3 is 29.2 Å². The fourth-order valence-corrected chi connectivity index (χ4v) is 5.80. The van der Waals surface area contributed by atoms with Gasteiger partial charge in [0, 0.05) is 35.1 Å². The molecule has 4 aromatic carbocycles. The van der Waals surface area contributed by atoms with Crippen molar-refractivity contribution in [3.63, 3.8) is 0 Å². The fourth-order valence-electron chi connectivity index (χ4n) is 5.80. The molecule has 0 aromatic heterocycles. The molecule has 2 aliphatic rings. The van der Waals surface area contributed by atoms with Crippen LogP contribution in [-0.4, -0.2) is 38.8 Å². The topological polar surface area (TPSA) is 86.3 Å². The monoisotopic (exact) mass is 576 g/mol. The third kappa shape index (κ3) is 5.05. The van der Waals surface area contributed by atoms with Crippen molar-refractivity contribution < 1.29 is 28.5 Å². The summed E-state index contributed by atoms with van der Waals surface area (Å²) >= 11 is 0. The van der Waals surface area contributed by atoms with Crippen LogP contribution >= 0.6 is 0 Å². The minimum atomic E-state index is -0.594. The summed E-state index contributed by atoms with van der Waals surface area (Å²) in [6.07, 6.45) is 2.26. The van der Waals surface area contributed by atoms with Crippen molar-refractivity contribution in [1.82, 2.24) is 0 Å². The van der Waals surface area contributed by atoms with Crippen LogP contribution in [0.3, 0.4) is 0 Å². The SMILES string of the molecule is COC(=O)c1cccc(C(=O)Oc2ccc(-c3ccc4c5c3CN(c3ccccc3OC)C5=CC(C)(C)N4)c(OC)c2)c1. The molecule has 0 saturated carbocycles. The third-order valence-electron chi connectivity index (χ3n) is 7.70. The van der Waals surface area contributed by atoms with Crippen LogP contribution in [0.5, 0.6) is 17.2 Å². The number of benzene rings is 4. The highest BCUT2D eigenvalue weighted by atomic mass is 16.5. The number of esters is 2. The molecule has 0 saturated heterocycles. The molecule has 43 heavy (non-hydrogen) atoms. The van der Waals surface area contributed by atoms with E-state index in [1.54, 1.807) is 44.6 Å². The second kappa shape index (κ2) is 10.9. The van der Waals surface area contributed by atoms with E-state index in [1.165, 1.54) is 13.2 Å². The van der Waals surface area contributed by atoms with Crippen molar-refractivity contribution in [3.05, 3.63) is 107 Å². The molecular formula is C35H32N2O6. The zero-order valence-electron chi connectivity index (χ0n) is 24.7. The van der Waals surface area contributed by atoms with Gasteiger partial charge in [-0.2, -0.15) is 0 Å². The van der Waals surface area contributed by atoms with Crippen molar-refractivity contribution in [2.45, 2.75) is 25.9 Å². The number of nitrogens with zero attached hydrogens (tertiary/aromatic N) is 1. The molecule has 8 heteroatoms. The van der Waals surface area contributed by atoms with Gasteiger partial charge in [-0.15, -0.1) is 0 Å². The molecule has 0 unspecified atom stereocenters. The summed E-state index contributed by atoms with van der Waals surface area (Å²) in [4.78, 5) is 27.1. The van der Waals surface area contributed by atoms with Gasteiger partial charge in [0.25, 0.3) is 0 Å². The number of para-hydroxylation sites is 2. The Labute approximate surface area is 250 Å². The fraction of sp³-hybridized carbons (Fsp3) is 0.200. The molecule has 0 amide bonds. The molecule has 0 bridgehead atoms. The number of carbonyl (C=O) groups excluding carboxylic acids is 2. The standard InChI is InChI=1S/C35H32N2O6/c1-35(2)19-29-32-26(20-37(29)28-11-6-7-12-30(28)40-3)24(15-16-27(32)36-35)25-14-13-23(18-31(25)41-4)43-34(39)22-10-8-9-21(17-22)33(38)42-5/h6-19,36H,20H2,1-5H3. The third-order valence-corrected chi connectivity index (χ3v) is 7.70. The number of anilines is 2. The van der Waals surface area contributed by atoms with Crippen molar-refractivity contribution in [3.8, 4) is 28.4 Å². The predicted molar refractivity (Wildman–Crippen MR) is 166 cm³/mol. The zero-order chi connectivity index (χ0) is 30.3. The number of carbonyl (C=O) groups is 2. The van der Waals surface area contributed by atoms with Crippen molar-refractivity contribution in [2.75, 3.05) is 31.5 Å². The molecule has 218 valence electrons. The van der Waals surface area contributed by atoms with E-state index in [4.69, 9.17) is 18.9 Å². The number of hydrogen-bond acceptors (Lipinski definition) is 8. The Kier molecular flexibility index (Phi) is 7.05. The second-order valence-corrected chi connectivity index (χ2v) is 11.0. The van der Waals surface area contributed by atoms with Gasteiger partial charge in [0.2, 0.25) is 0 Å². The Morgan fingerprint density at radius 1 is 0.791 bits per heavy atom. The molecule has 2 aliphatic heterocycles. The van der Waals surface area contributed by atoms with Crippen molar-refractivity contribution >= 4 is 29.0 Å². The van der Waals surface area contributed by atoms with Crippen LogP contribution < -0.4 is 24.4 Å². The van der Waals surface area contributed by atoms with Crippen LogP contribution in [-0.2, 0) is 11.3 Å². The summed E-state index contributed by atoms with van der Waals surface area (Å²) in [5, 5.41) is 3.66. The molecule has 6 rings (SSSR count). The van der Waals surface area contributed by atoms with E-state index in [-0.39, 0.29) is 16.7 Å². The van der Waals surface area contributed by atoms with Crippen LogP contribution in [0.25, 0.3) is 16.8 Å². The van der Waals surface area contributed by atoms with E-state index in [0.717, 1.165) is 45.1 Å². The minimum Gasteiger partial charge on any atom is -0.496 e. The first kappa shape index (κ1) is 27.9. The molecule has 0 spiro atoms. The van der Waals surface area contributed by atoms with Crippen LogP contribution in [0.4, 0.5) is 11.4 Å². The predicted octanol–water partition coefficient (Wildman–Crippen LogP) is 6.94. The van der Waals surface area contributed by atoms with Crippen LogP contribution in [0, 0.1) is 0 Å². The number of methoxy groups -OCH3 is 3. The van der Waals surface area contributed by atoms with E-state index in [2.05, 4.69) is 48.3 Å². The smallest absolute Gasteiger partial charge is 0.343 e. The van der Waals surface area contributed by atoms with E-state index in [0.29, 0.717) is 18.0 Å². The van der Waals surface area contributed by atoms with E-state index in [9.17, 15) is 9.59 Å². The summed E-state index contributed by atoms with van der Waals surface area (Å²) in [5.74, 6) is 0.568. The lowest BCUT2D eigenvalue weighted by Crippen LogP contribution is -2.33. The van der Waals surface area contributed by atoms with Gasteiger partial charge in [-0.1, -0.05) is 24.3 Å². The lowest BCUT2D eigenvalue weighted by Gasteiger charge is -2.33. The van der Waals surface area contributed by atoms with Crippen LogP contribution in [0.1, 0.15) is 45.7 Å². The van der Waals surface area contributed by atoms with E-state index in [1.807, 2.05) is 24.3 Å². The molecule has 2 heterocycles. The lowest BCUT2D eigenvalue weighted by molar-refractivity contribution is 0.0600. The number of ether oxygens (including phenoxy) is 4. The summed E-state index contributed by atoms with van der Waals surface area (Å²) in [7, 11) is 4.58. The second-order valence-electron chi connectivity index (χ2n) is 11.0. The minimum absolute atomic E-state index is 0.236. The van der Waals surface area contributed by atoms with Gasteiger partial charge in [-0.3, -0.25) is 0 Å². The zero-order valence-corrected chi connectivity index (χ0v) is 24.7. The Hall–Kier alpha value is -5.24. The summed E-state index contributed by atoms with van der Waals surface area (Å²) in [6.45, 7) is 4.95. The van der Waals surface area contributed by atoms with E-state index >= 15 is 0 Å². The Balaban J connectivity index is 1.37. The quantitative estimate of drug-likeness (QED) is 0.187. The molecule has 4 aromatic rings. The molecule has 0 radical (unpaired) electrons. The molecule has 0 atom stereocenters. The normalized spacial score (nSPS) is 14.3. The highest BCUT2D eigenvalue weighted by Crippen LogP contribution is 2.51. The number of rotatable bonds is 7. The molecule has 0 aliphatic carbocycles. The van der Waals surface area contributed by atoms with Gasteiger partial charge in [-0.25, -0.2) is 9.59 Å². The highest BCUT2D eigenvalue weighted by Gasteiger charge is 2.37. The maximum absolute atomic E-state index is 12.9. The Bertz CT molecular complexity index is 1790. The highest BCUT2D eigenvalue weighted by molar-refractivity contribution is 5.99. The number of nitrogens with one attached hydrogen (secondary N) is 1. The molecule has 8 nitrogen and oxygen atoms in total. The Morgan fingerprint density at radius 3 is 2.26 bits per heavy atom. The maximum Gasteiger partial charge on any atom is 0.343 e. The van der Waals surface area contributed by atoms with Gasteiger partial charge in [-0.05, 0) is 79.6 Å². The van der Waals surface area contributed by atoms with Gasteiger partial charge >= 0.3 is 11.9 Å². The van der Waals surface area contributed by atoms with Crippen LogP contribution in [0.15, 0.2) is 84.9 Å². The van der Waals surface area contributed by atoms with Gasteiger partial charge in [0.15, 0.2) is 0 Å². The first-order valence-corrected chi connectivity index (χ1v) is 13.9. The lowest BCUT2D eigenvalue weighted by atomic mass is 9.89. The molecule has 1 N–H and O–H groups in total. The van der Waals surface area contributed by atoms with Crippen LogP contribution in [0.2, 0.25) is 0 Å². The summed E-state index contributed by atoms with van der Waals surface area (Å²) in [5.41, 5.74) is 7.63. The molecule has 0 fully saturated rings. The maximum atomic E-state index is 12.9. The number of hydrogen-bond donors (Lipinski definition) is 1. The largest absolute Gasteiger partial charge is 0.496 e. The molecular weight excluding hydrogens is 544 g/mol. The first-order chi connectivity index (χ1) is 20.7. The van der Waals surface area contributed by atoms with Crippen molar-refractivity contribution in [2.24, 2.45) is 0 Å². The van der Waals surface area contributed by atoms with Gasteiger partial charge in [0.05, 0.1) is 43.7 Å². The van der Waals surface area contributed by atoms with Gasteiger partial charge in [0.1, 0.15) is 17.2 Å².